The van der Waals surface area contributed by atoms with E-state index in [9.17, 15) is 9.59 Å². The summed E-state index contributed by atoms with van der Waals surface area (Å²) in [7, 11) is 1.54. The van der Waals surface area contributed by atoms with Gasteiger partial charge in [-0.25, -0.2) is 20.1 Å². The number of amides is 1. The third kappa shape index (κ3) is 6.07. The van der Waals surface area contributed by atoms with Crippen molar-refractivity contribution in [1.82, 2.24) is 4.98 Å². The van der Waals surface area contributed by atoms with Crippen molar-refractivity contribution >= 4 is 34.9 Å². The monoisotopic (exact) mass is 374 g/mol. The summed E-state index contributed by atoms with van der Waals surface area (Å²) in [6, 6.07) is 8.51. The van der Waals surface area contributed by atoms with Gasteiger partial charge in [0.05, 0.1) is 31.3 Å². The molecule has 1 aromatic heterocycles. The first kappa shape index (κ1) is 19.8. The van der Waals surface area contributed by atoms with E-state index in [4.69, 9.17) is 14.3 Å². The van der Waals surface area contributed by atoms with E-state index in [-0.39, 0.29) is 19.0 Å². The molecular formula is C18H22N4O5. The van der Waals surface area contributed by atoms with Crippen molar-refractivity contribution in [2.75, 3.05) is 29.8 Å². The van der Waals surface area contributed by atoms with Crippen molar-refractivity contribution in [1.29, 1.82) is 0 Å². The first-order valence-electron chi connectivity index (χ1n) is 8.36. The minimum atomic E-state index is -0.538. The number of methoxy groups -OCH3 is 1. The summed E-state index contributed by atoms with van der Waals surface area (Å²) in [5, 5.41) is 5.74. The maximum atomic E-state index is 11.6. The van der Waals surface area contributed by atoms with E-state index in [1.54, 1.807) is 51.3 Å². The molecule has 0 saturated carbocycles. The van der Waals surface area contributed by atoms with E-state index in [0.717, 1.165) is 0 Å². The average Bonchev–Trinajstić information content (AvgIpc) is 2.67. The summed E-state index contributed by atoms with van der Waals surface area (Å²) in [5.41, 5.74) is 4.21. The van der Waals surface area contributed by atoms with Gasteiger partial charge < -0.3 is 19.6 Å². The van der Waals surface area contributed by atoms with E-state index >= 15 is 0 Å². The maximum absolute atomic E-state index is 11.6. The maximum Gasteiger partial charge on any atom is 0.411 e. The number of nitrogens with zero attached hydrogens (tertiary/aromatic N) is 1. The normalized spacial score (nSPS) is 9.89. The number of carbonyl (C=O) groups is 2. The Hall–Kier alpha value is -3.49. The fourth-order valence-electron chi connectivity index (χ4n) is 2.02. The van der Waals surface area contributed by atoms with Gasteiger partial charge in [-0.05, 0) is 37.3 Å². The number of nitrogens with one attached hydrogen (secondary N) is 3. The van der Waals surface area contributed by atoms with Gasteiger partial charge >= 0.3 is 12.1 Å². The number of hydrogen-bond donors (Lipinski definition) is 3. The molecule has 0 unspecified atom stereocenters. The lowest BCUT2D eigenvalue weighted by Crippen LogP contribution is -2.13. The van der Waals surface area contributed by atoms with Crippen LogP contribution in [0, 0.1) is 0 Å². The van der Waals surface area contributed by atoms with Crippen molar-refractivity contribution in [2.45, 2.75) is 20.3 Å². The molecule has 1 heterocycles. The zero-order valence-corrected chi connectivity index (χ0v) is 15.4. The number of ether oxygens (including phenoxy) is 2. The standard InChI is InChI=1S/C18H22N4O5/c1-4-17(23)27-22-13-7-9-16(19-11-13)21-14-10-12(6-8-15(14)25-3)20-18(24)26-5-2/h6-11,22H,4-5H2,1-3H3,(H,19,21)(H,20,24). The van der Waals surface area contributed by atoms with Crippen LogP contribution in [0.4, 0.5) is 27.7 Å². The largest absolute Gasteiger partial charge is 0.495 e. The van der Waals surface area contributed by atoms with E-state index in [0.29, 0.717) is 28.6 Å². The molecule has 0 aliphatic heterocycles. The Labute approximate surface area is 157 Å². The quantitative estimate of drug-likeness (QED) is 0.600. The third-order valence-electron chi connectivity index (χ3n) is 3.32. The van der Waals surface area contributed by atoms with Crippen LogP contribution in [0.15, 0.2) is 36.5 Å². The molecule has 0 saturated heterocycles. The lowest BCUT2D eigenvalue weighted by molar-refractivity contribution is -0.140. The summed E-state index contributed by atoms with van der Waals surface area (Å²) in [6.07, 6.45) is 1.25. The molecule has 0 bridgehead atoms. The number of anilines is 4. The summed E-state index contributed by atoms with van der Waals surface area (Å²) in [5.74, 6) is 0.743. The highest BCUT2D eigenvalue weighted by molar-refractivity contribution is 5.86. The molecule has 0 atom stereocenters. The minimum absolute atomic E-state index is 0.274. The van der Waals surface area contributed by atoms with E-state index < -0.39 is 6.09 Å². The molecule has 3 N–H and O–H groups in total. The van der Waals surface area contributed by atoms with Gasteiger partial charge in [-0.1, -0.05) is 6.92 Å². The van der Waals surface area contributed by atoms with Crippen molar-refractivity contribution < 1.29 is 23.9 Å². The Bertz CT molecular complexity index is 780. The van der Waals surface area contributed by atoms with Gasteiger partial charge in [-0.15, -0.1) is 0 Å². The SMILES string of the molecule is CCOC(=O)Nc1ccc(OC)c(Nc2ccc(NOC(=O)CC)cn2)c1. The van der Waals surface area contributed by atoms with Crippen LogP contribution >= 0.6 is 0 Å². The molecule has 1 amide bonds. The third-order valence-corrected chi connectivity index (χ3v) is 3.32. The topological polar surface area (TPSA) is 111 Å². The van der Waals surface area contributed by atoms with E-state index in [1.807, 2.05) is 0 Å². The Morgan fingerprint density at radius 1 is 1.11 bits per heavy atom. The molecule has 0 aliphatic rings. The number of aromatic nitrogens is 1. The first-order chi connectivity index (χ1) is 13.0. The number of hydrogen-bond acceptors (Lipinski definition) is 8. The van der Waals surface area contributed by atoms with Gasteiger partial charge in [0, 0.05) is 12.1 Å². The summed E-state index contributed by atoms with van der Waals surface area (Å²) in [6.45, 7) is 3.71. The molecule has 9 nitrogen and oxygen atoms in total. The molecule has 0 fully saturated rings. The second-order valence-electron chi connectivity index (χ2n) is 5.25. The number of benzene rings is 1. The lowest BCUT2D eigenvalue weighted by Gasteiger charge is -2.13. The van der Waals surface area contributed by atoms with Gasteiger partial charge in [-0.3, -0.25) is 5.32 Å². The van der Waals surface area contributed by atoms with Crippen molar-refractivity contribution in [3.05, 3.63) is 36.5 Å². The predicted molar refractivity (Wildman–Crippen MR) is 101 cm³/mol. The van der Waals surface area contributed by atoms with Crippen molar-refractivity contribution in [2.24, 2.45) is 0 Å². The molecule has 2 rings (SSSR count). The molecule has 0 radical (unpaired) electrons. The Morgan fingerprint density at radius 3 is 2.52 bits per heavy atom. The second-order valence-corrected chi connectivity index (χ2v) is 5.25. The first-order valence-corrected chi connectivity index (χ1v) is 8.36. The van der Waals surface area contributed by atoms with Gasteiger partial charge in [0.25, 0.3) is 0 Å². The summed E-state index contributed by atoms with van der Waals surface area (Å²) in [4.78, 5) is 31.8. The Kier molecular flexibility index (Phi) is 7.24. The highest BCUT2D eigenvalue weighted by atomic mass is 16.7. The Balaban J connectivity index is 2.08. The molecule has 0 aliphatic carbocycles. The minimum Gasteiger partial charge on any atom is -0.495 e. The number of pyridine rings is 1. The highest BCUT2D eigenvalue weighted by Gasteiger charge is 2.09. The molecule has 2 aromatic rings. The highest BCUT2D eigenvalue weighted by Crippen LogP contribution is 2.30. The van der Waals surface area contributed by atoms with Crippen LogP contribution in [0.25, 0.3) is 0 Å². The van der Waals surface area contributed by atoms with Crippen LogP contribution in [0.2, 0.25) is 0 Å². The van der Waals surface area contributed by atoms with E-state index in [2.05, 4.69) is 21.1 Å². The molecule has 9 heteroatoms. The van der Waals surface area contributed by atoms with Gasteiger partial charge in [-0.2, -0.15) is 0 Å². The predicted octanol–water partition coefficient (Wildman–Crippen LogP) is 3.68. The fourth-order valence-corrected chi connectivity index (χ4v) is 2.02. The van der Waals surface area contributed by atoms with Crippen LogP contribution in [0.1, 0.15) is 20.3 Å². The number of rotatable bonds is 8. The molecule has 1 aromatic carbocycles. The van der Waals surface area contributed by atoms with Gasteiger partial charge in [0.1, 0.15) is 11.6 Å². The Morgan fingerprint density at radius 2 is 1.89 bits per heavy atom. The van der Waals surface area contributed by atoms with Crippen LogP contribution < -0.4 is 20.9 Å². The summed E-state index contributed by atoms with van der Waals surface area (Å²) >= 11 is 0. The smallest absolute Gasteiger partial charge is 0.411 e. The van der Waals surface area contributed by atoms with Crippen molar-refractivity contribution in [3.8, 4) is 5.75 Å². The van der Waals surface area contributed by atoms with Crippen LogP contribution in [-0.4, -0.2) is 30.8 Å². The van der Waals surface area contributed by atoms with Gasteiger partial charge in [0.15, 0.2) is 0 Å². The van der Waals surface area contributed by atoms with Gasteiger partial charge in [0.2, 0.25) is 0 Å². The number of carbonyl (C=O) groups excluding carboxylic acids is 2. The molecular weight excluding hydrogens is 352 g/mol. The van der Waals surface area contributed by atoms with Crippen LogP contribution in [-0.2, 0) is 14.4 Å². The van der Waals surface area contributed by atoms with E-state index in [1.165, 1.54) is 6.20 Å². The average molecular weight is 374 g/mol. The zero-order valence-electron chi connectivity index (χ0n) is 15.4. The molecule has 27 heavy (non-hydrogen) atoms. The van der Waals surface area contributed by atoms with Crippen LogP contribution in [0.3, 0.4) is 0 Å². The molecule has 144 valence electrons. The van der Waals surface area contributed by atoms with Crippen molar-refractivity contribution in [3.63, 3.8) is 0 Å². The fraction of sp³-hybridized carbons (Fsp3) is 0.278. The zero-order chi connectivity index (χ0) is 19.6. The second kappa shape index (κ2) is 9.85. The lowest BCUT2D eigenvalue weighted by atomic mass is 10.2. The molecule has 0 spiro atoms. The van der Waals surface area contributed by atoms with Crippen LogP contribution in [0.5, 0.6) is 5.75 Å². The summed E-state index contributed by atoms with van der Waals surface area (Å²) < 4.78 is 10.2.